The summed E-state index contributed by atoms with van der Waals surface area (Å²) in [6.45, 7) is 6.21. The van der Waals surface area contributed by atoms with E-state index in [1.807, 2.05) is 19.1 Å². The molecule has 0 fully saturated rings. The molecule has 0 aliphatic heterocycles. The van der Waals surface area contributed by atoms with Crippen LogP contribution in [-0.4, -0.2) is 29.7 Å². The maximum Gasteiger partial charge on any atom is 0.335 e. The second kappa shape index (κ2) is 8.66. The molecule has 3 rings (SSSR count). The highest BCUT2D eigenvalue weighted by Gasteiger charge is 2.21. The Morgan fingerprint density at radius 3 is 2.43 bits per heavy atom. The van der Waals surface area contributed by atoms with Gasteiger partial charge in [-0.2, -0.15) is 0 Å². The largest absolute Gasteiger partial charge is 0.478 e. The predicted octanol–water partition coefficient (Wildman–Crippen LogP) is 3.92. The Bertz CT molecular complexity index is 1140. The van der Waals surface area contributed by atoms with Gasteiger partial charge in [0, 0.05) is 0 Å². The topological polar surface area (TPSA) is 122 Å². The minimum absolute atomic E-state index is 0.140. The Morgan fingerprint density at radius 1 is 1.10 bits per heavy atom. The van der Waals surface area contributed by atoms with Gasteiger partial charge in [-0.25, -0.2) is 17.9 Å². The molecule has 0 aliphatic carbocycles. The third kappa shape index (κ3) is 5.04. The molecule has 1 heterocycles. The molecule has 8 nitrogen and oxygen atoms in total. The van der Waals surface area contributed by atoms with Crippen molar-refractivity contribution in [2.45, 2.75) is 38.0 Å². The quantitative estimate of drug-likeness (QED) is 0.556. The van der Waals surface area contributed by atoms with Gasteiger partial charge >= 0.3 is 12.0 Å². The Hall–Kier alpha value is -3.20. The van der Waals surface area contributed by atoms with E-state index in [0.29, 0.717) is 5.92 Å². The predicted molar refractivity (Wildman–Crippen MR) is 111 cm³/mol. The Kier molecular flexibility index (Phi) is 6.21. The van der Waals surface area contributed by atoms with E-state index in [1.165, 1.54) is 23.8 Å². The molecule has 0 spiro atoms. The van der Waals surface area contributed by atoms with Crippen LogP contribution in [0.1, 0.15) is 54.1 Å². The van der Waals surface area contributed by atoms with Gasteiger partial charge in [-0.3, -0.25) is 0 Å². The second-order valence-electron chi connectivity index (χ2n) is 7.45. The van der Waals surface area contributed by atoms with Crippen LogP contribution in [0.5, 0.6) is 0 Å². The summed E-state index contributed by atoms with van der Waals surface area (Å²) in [7, 11) is -4.07. The van der Waals surface area contributed by atoms with Crippen molar-refractivity contribution >= 4 is 22.0 Å². The van der Waals surface area contributed by atoms with E-state index in [0.717, 1.165) is 18.1 Å². The molecule has 2 N–H and O–H groups in total. The van der Waals surface area contributed by atoms with Crippen molar-refractivity contribution < 1.29 is 22.7 Å². The fraction of sp³-hybridized carbons (Fsp3) is 0.286. The number of nitrogens with zero attached hydrogens (tertiary/aromatic N) is 2. The van der Waals surface area contributed by atoms with E-state index in [-0.39, 0.29) is 28.3 Å². The molecule has 9 heteroatoms. The van der Waals surface area contributed by atoms with Gasteiger partial charge in [-0.05, 0) is 48.6 Å². The number of hydrogen-bond donors (Lipinski definition) is 2. The summed E-state index contributed by atoms with van der Waals surface area (Å²) >= 11 is 0. The van der Waals surface area contributed by atoms with Crippen LogP contribution in [0.15, 0.2) is 57.8 Å². The first-order valence-electron chi connectivity index (χ1n) is 9.44. The van der Waals surface area contributed by atoms with Crippen molar-refractivity contribution in [3.63, 3.8) is 0 Å². The van der Waals surface area contributed by atoms with Gasteiger partial charge in [-0.15, -0.1) is 5.10 Å². The third-order valence-electron chi connectivity index (χ3n) is 4.55. The summed E-state index contributed by atoms with van der Waals surface area (Å²) in [6.07, 6.45) is 0.990. The molecule has 158 valence electrons. The average Bonchev–Trinajstić information content (AvgIpc) is 3.15. The van der Waals surface area contributed by atoms with E-state index >= 15 is 0 Å². The van der Waals surface area contributed by atoms with Gasteiger partial charge in [0.05, 0.1) is 16.4 Å². The highest BCUT2D eigenvalue weighted by molar-refractivity contribution is 7.92. The molecule has 1 aromatic heterocycles. The molecule has 0 aliphatic rings. The summed E-state index contributed by atoms with van der Waals surface area (Å²) in [5.41, 5.74) is 2.07. The monoisotopic (exact) mass is 429 g/mol. The van der Waals surface area contributed by atoms with Gasteiger partial charge in [0.1, 0.15) is 0 Å². The van der Waals surface area contributed by atoms with Crippen molar-refractivity contribution in [3.8, 4) is 0 Å². The van der Waals surface area contributed by atoms with Crippen LogP contribution < -0.4 is 4.72 Å². The number of anilines is 1. The molecular formula is C21H23N3O5S. The number of hydrogen-bond acceptors (Lipinski definition) is 6. The molecule has 0 saturated heterocycles. The SMILES string of the molecule is CC(C)Cc1ccc(C(C)c2nnc(NS(=O)(=O)c3cccc(C(=O)O)c3)o2)cc1. The Labute approximate surface area is 175 Å². The van der Waals surface area contributed by atoms with Gasteiger partial charge in [0.2, 0.25) is 5.89 Å². The van der Waals surface area contributed by atoms with E-state index in [9.17, 15) is 13.2 Å². The zero-order valence-corrected chi connectivity index (χ0v) is 17.7. The number of sulfonamides is 1. The van der Waals surface area contributed by atoms with E-state index < -0.39 is 16.0 Å². The maximum absolute atomic E-state index is 12.5. The summed E-state index contributed by atoms with van der Waals surface area (Å²) < 4.78 is 32.7. The lowest BCUT2D eigenvalue weighted by Gasteiger charge is -2.10. The maximum atomic E-state index is 12.5. The Balaban J connectivity index is 1.75. The number of aromatic nitrogens is 2. The molecule has 0 radical (unpaired) electrons. The van der Waals surface area contributed by atoms with Crippen LogP contribution in [0.3, 0.4) is 0 Å². The number of carbonyl (C=O) groups is 1. The highest BCUT2D eigenvalue weighted by Crippen LogP contribution is 2.26. The normalized spacial score (nSPS) is 12.7. The van der Waals surface area contributed by atoms with Crippen LogP contribution in [0.4, 0.5) is 6.01 Å². The van der Waals surface area contributed by atoms with E-state index in [4.69, 9.17) is 9.52 Å². The van der Waals surface area contributed by atoms with Gasteiger partial charge in [-0.1, -0.05) is 49.3 Å². The number of benzene rings is 2. The molecule has 30 heavy (non-hydrogen) atoms. The standard InChI is InChI=1S/C21H23N3O5S/c1-13(2)11-15-7-9-16(10-8-15)14(3)19-22-23-21(29-19)24-30(27,28)18-6-4-5-17(12-18)20(25)26/h4-10,12-14H,11H2,1-3H3,(H,23,24)(H,25,26). The minimum atomic E-state index is -4.07. The van der Waals surface area contributed by atoms with Crippen LogP contribution in [-0.2, 0) is 16.4 Å². The molecule has 2 aromatic carbocycles. The Morgan fingerprint density at radius 2 is 1.80 bits per heavy atom. The van der Waals surface area contributed by atoms with Crippen molar-refractivity contribution in [1.29, 1.82) is 0 Å². The third-order valence-corrected chi connectivity index (χ3v) is 5.87. The van der Waals surface area contributed by atoms with Crippen molar-refractivity contribution in [3.05, 3.63) is 71.1 Å². The summed E-state index contributed by atoms with van der Waals surface area (Å²) in [5, 5.41) is 16.8. The number of carboxylic acid groups (broad SMARTS) is 1. The fourth-order valence-corrected chi connectivity index (χ4v) is 3.95. The lowest BCUT2D eigenvalue weighted by Crippen LogP contribution is -2.14. The van der Waals surface area contributed by atoms with Crippen molar-refractivity contribution in [1.82, 2.24) is 10.2 Å². The zero-order chi connectivity index (χ0) is 21.9. The fourth-order valence-electron chi connectivity index (χ4n) is 2.98. The molecule has 0 amide bonds. The first-order valence-corrected chi connectivity index (χ1v) is 10.9. The summed E-state index contributed by atoms with van der Waals surface area (Å²) in [5.74, 6) is -0.612. The lowest BCUT2D eigenvalue weighted by atomic mass is 9.97. The second-order valence-corrected chi connectivity index (χ2v) is 9.13. The number of carboxylic acids is 1. The highest BCUT2D eigenvalue weighted by atomic mass is 32.2. The molecule has 1 unspecified atom stereocenters. The smallest absolute Gasteiger partial charge is 0.335 e. The van der Waals surface area contributed by atoms with Crippen LogP contribution >= 0.6 is 0 Å². The minimum Gasteiger partial charge on any atom is -0.478 e. The molecular weight excluding hydrogens is 406 g/mol. The first-order chi connectivity index (χ1) is 14.2. The summed E-state index contributed by atoms with van der Waals surface area (Å²) in [6, 6.07) is 12.8. The number of rotatable bonds is 8. The van der Waals surface area contributed by atoms with Crippen molar-refractivity contribution in [2.24, 2.45) is 5.92 Å². The number of nitrogens with one attached hydrogen (secondary N) is 1. The molecule has 3 aromatic rings. The molecule has 0 saturated carbocycles. The van der Waals surface area contributed by atoms with Gasteiger partial charge < -0.3 is 9.52 Å². The van der Waals surface area contributed by atoms with Crippen LogP contribution in [0.2, 0.25) is 0 Å². The first kappa shape index (κ1) is 21.5. The van der Waals surface area contributed by atoms with Gasteiger partial charge in [0.25, 0.3) is 10.0 Å². The van der Waals surface area contributed by atoms with Crippen LogP contribution in [0, 0.1) is 5.92 Å². The molecule has 0 bridgehead atoms. The zero-order valence-electron chi connectivity index (χ0n) is 16.9. The van der Waals surface area contributed by atoms with Gasteiger partial charge in [0.15, 0.2) is 0 Å². The molecule has 1 atom stereocenters. The van der Waals surface area contributed by atoms with Crippen molar-refractivity contribution in [2.75, 3.05) is 4.72 Å². The van der Waals surface area contributed by atoms with Crippen LogP contribution in [0.25, 0.3) is 0 Å². The number of aromatic carboxylic acids is 1. The summed E-state index contributed by atoms with van der Waals surface area (Å²) in [4.78, 5) is 10.9. The average molecular weight is 429 g/mol. The lowest BCUT2D eigenvalue weighted by molar-refractivity contribution is 0.0696. The van der Waals surface area contributed by atoms with E-state index in [2.05, 4.69) is 40.9 Å². The van der Waals surface area contributed by atoms with E-state index in [1.54, 1.807) is 0 Å².